The molecular formula is C19H22N2O2S. The molecule has 1 heterocycles. The van der Waals surface area contributed by atoms with Crippen molar-refractivity contribution in [2.45, 2.75) is 18.2 Å². The van der Waals surface area contributed by atoms with Gasteiger partial charge in [0.2, 0.25) is 5.91 Å². The molecule has 1 aliphatic heterocycles. The molecule has 2 aromatic rings. The van der Waals surface area contributed by atoms with Crippen LogP contribution in [0.1, 0.15) is 13.3 Å². The summed E-state index contributed by atoms with van der Waals surface area (Å²) in [4.78, 5) is 15.8. The summed E-state index contributed by atoms with van der Waals surface area (Å²) < 4.78 is 5.42. The average Bonchev–Trinajstić information content (AvgIpc) is 2.79. The van der Waals surface area contributed by atoms with Crippen LogP contribution in [0.3, 0.4) is 0 Å². The van der Waals surface area contributed by atoms with Gasteiger partial charge in [-0.15, -0.1) is 11.8 Å². The highest BCUT2D eigenvalue weighted by Gasteiger charge is 2.17. The topological polar surface area (TPSA) is 41.6 Å². The molecule has 24 heavy (non-hydrogen) atoms. The van der Waals surface area contributed by atoms with Gasteiger partial charge in [0, 0.05) is 17.1 Å². The summed E-state index contributed by atoms with van der Waals surface area (Å²) in [5, 5.41) is 2.97. The van der Waals surface area contributed by atoms with Crippen molar-refractivity contribution in [3.05, 3.63) is 48.5 Å². The van der Waals surface area contributed by atoms with E-state index in [1.54, 1.807) is 0 Å². The van der Waals surface area contributed by atoms with E-state index < -0.39 is 0 Å². The third kappa shape index (κ3) is 4.23. The molecule has 4 nitrogen and oxygen atoms in total. The van der Waals surface area contributed by atoms with E-state index in [4.69, 9.17) is 4.74 Å². The van der Waals surface area contributed by atoms with Gasteiger partial charge in [-0.1, -0.05) is 12.1 Å². The van der Waals surface area contributed by atoms with E-state index in [0.29, 0.717) is 13.2 Å². The highest BCUT2D eigenvalue weighted by Crippen LogP contribution is 2.33. The van der Waals surface area contributed by atoms with E-state index in [1.807, 2.05) is 49.0 Å². The van der Waals surface area contributed by atoms with Crippen LogP contribution in [0.4, 0.5) is 11.4 Å². The molecule has 1 N–H and O–H groups in total. The molecule has 0 radical (unpaired) electrons. The fourth-order valence-electron chi connectivity index (χ4n) is 2.74. The molecule has 0 bridgehead atoms. The largest absolute Gasteiger partial charge is 0.494 e. The Bertz CT molecular complexity index is 688. The van der Waals surface area contributed by atoms with Gasteiger partial charge in [0.1, 0.15) is 5.75 Å². The normalized spacial score (nSPS) is 13.8. The Morgan fingerprint density at radius 1 is 1.21 bits per heavy atom. The lowest BCUT2D eigenvalue weighted by Gasteiger charge is -2.23. The number of fused-ring (bicyclic) bond motifs is 1. The first-order valence-corrected chi connectivity index (χ1v) is 9.24. The van der Waals surface area contributed by atoms with Gasteiger partial charge >= 0.3 is 0 Å². The van der Waals surface area contributed by atoms with Gasteiger partial charge in [0.15, 0.2) is 0 Å². The molecule has 0 unspecified atom stereocenters. The summed E-state index contributed by atoms with van der Waals surface area (Å²) in [5.41, 5.74) is 1.95. The number of para-hydroxylation sites is 1. The number of thioether (sulfide) groups is 1. The first kappa shape index (κ1) is 16.7. The van der Waals surface area contributed by atoms with Crippen molar-refractivity contribution in [2.75, 3.05) is 35.7 Å². The number of anilines is 2. The van der Waals surface area contributed by atoms with Crippen molar-refractivity contribution >= 4 is 29.0 Å². The van der Waals surface area contributed by atoms with E-state index in [2.05, 4.69) is 28.4 Å². The Balaban J connectivity index is 1.64. The molecular weight excluding hydrogens is 320 g/mol. The van der Waals surface area contributed by atoms with Crippen LogP contribution < -0.4 is 15.0 Å². The Hall–Kier alpha value is -2.14. The van der Waals surface area contributed by atoms with Crippen LogP contribution in [0.5, 0.6) is 5.75 Å². The first-order chi connectivity index (χ1) is 11.8. The lowest BCUT2D eigenvalue weighted by molar-refractivity contribution is -0.115. The minimum atomic E-state index is 0.000799. The highest BCUT2D eigenvalue weighted by molar-refractivity contribution is 7.99. The van der Waals surface area contributed by atoms with Gasteiger partial charge in [0.05, 0.1) is 18.8 Å². The van der Waals surface area contributed by atoms with Gasteiger partial charge in [0.25, 0.3) is 0 Å². The van der Waals surface area contributed by atoms with Gasteiger partial charge in [-0.25, -0.2) is 0 Å². The predicted molar refractivity (Wildman–Crippen MR) is 100 cm³/mol. The Labute approximate surface area is 147 Å². The number of nitrogens with one attached hydrogen (secondary N) is 1. The van der Waals surface area contributed by atoms with Crippen LogP contribution in [0, 0.1) is 0 Å². The minimum absolute atomic E-state index is 0.000799. The number of ether oxygens (including phenoxy) is 1. The summed E-state index contributed by atoms with van der Waals surface area (Å²) in [5.74, 6) is 1.91. The van der Waals surface area contributed by atoms with Gasteiger partial charge in [-0.3, -0.25) is 4.79 Å². The fourth-order valence-corrected chi connectivity index (χ4v) is 3.75. The zero-order valence-corrected chi connectivity index (χ0v) is 14.6. The average molecular weight is 342 g/mol. The maximum Gasteiger partial charge on any atom is 0.243 e. The predicted octanol–water partition coefficient (Wildman–Crippen LogP) is 4.03. The Morgan fingerprint density at radius 3 is 2.79 bits per heavy atom. The third-order valence-electron chi connectivity index (χ3n) is 3.82. The number of hydrogen-bond acceptors (Lipinski definition) is 4. The standard InChI is InChI=1S/C19H22N2O2S/c1-2-23-16-10-8-15(9-11-16)20-19(22)14-21-12-5-13-24-18-7-4-3-6-17(18)21/h3-4,6-11H,2,5,12-14H2,1H3,(H,20,22). The first-order valence-electron chi connectivity index (χ1n) is 8.26. The molecule has 2 aromatic carbocycles. The summed E-state index contributed by atoms with van der Waals surface area (Å²) in [6.45, 7) is 3.86. The number of amides is 1. The molecule has 0 saturated carbocycles. The molecule has 1 aliphatic rings. The van der Waals surface area contributed by atoms with E-state index in [9.17, 15) is 4.79 Å². The van der Waals surface area contributed by atoms with Crippen molar-refractivity contribution in [1.29, 1.82) is 0 Å². The molecule has 0 aliphatic carbocycles. The van der Waals surface area contributed by atoms with Crippen molar-refractivity contribution in [3.8, 4) is 5.75 Å². The minimum Gasteiger partial charge on any atom is -0.494 e. The van der Waals surface area contributed by atoms with Crippen LogP contribution >= 0.6 is 11.8 Å². The number of carbonyl (C=O) groups is 1. The van der Waals surface area contributed by atoms with E-state index >= 15 is 0 Å². The van der Waals surface area contributed by atoms with E-state index in [0.717, 1.165) is 35.8 Å². The van der Waals surface area contributed by atoms with Crippen molar-refractivity contribution in [3.63, 3.8) is 0 Å². The summed E-state index contributed by atoms with van der Waals surface area (Å²) in [6, 6.07) is 15.8. The lowest BCUT2D eigenvalue weighted by atomic mass is 10.2. The van der Waals surface area contributed by atoms with Crippen molar-refractivity contribution < 1.29 is 9.53 Å². The Morgan fingerprint density at radius 2 is 2.00 bits per heavy atom. The van der Waals surface area contributed by atoms with Crippen LogP contribution in [0.2, 0.25) is 0 Å². The summed E-state index contributed by atoms with van der Waals surface area (Å²) >= 11 is 1.86. The number of nitrogens with zero attached hydrogens (tertiary/aromatic N) is 1. The lowest BCUT2D eigenvalue weighted by Crippen LogP contribution is -2.34. The number of benzene rings is 2. The second-order valence-electron chi connectivity index (χ2n) is 5.60. The SMILES string of the molecule is CCOc1ccc(NC(=O)CN2CCCSc3ccccc32)cc1. The molecule has 126 valence electrons. The molecule has 0 fully saturated rings. The molecule has 3 rings (SSSR count). The van der Waals surface area contributed by atoms with Crippen LogP contribution in [-0.2, 0) is 4.79 Å². The molecule has 0 atom stereocenters. The van der Waals surface area contributed by atoms with Crippen LogP contribution in [0.25, 0.3) is 0 Å². The zero-order chi connectivity index (χ0) is 16.8. The molecule has 0 saturated heterocycles. The highest BCUT2D eigenvalue weighted by atomic mass is 32.2. The van der Waals surface area contributed by atoms with Crippen molar-refractivity contribution in [2.24, 2.45) is 0 Å². The quantitative estimate of drug-likeness (QED) is 0.891. The summed E-state index contributed by atoms with van der Waals surface area (Å²) in [7, 11) is 0. The van der Waals surface area contributed by atoms with Crippen LogP contribution in [-0.4, -0.2) is 31.4 Å². The molecule has 1 amide bonds. The Kier molecular flexibility index (Phi) is 5.64. The molecule has 0 spiro atoms. The van der Waals surface area contributed by atoms with E-state index in [-0.39, 0.29) is 5.91 Å². The number of carbonyl (C=O) groups excluding carboxylic acids is 1. The summed E-state index contributed by atoms with van der Waals surface area (Å²) in [6.07, 6.45) is 1.08. The van der Waals surface area contributed by atoms with Crippen molar-refractivity contribution in [1.82, 2.24) is 0 Å². The zero-order valence-electron chi connectivity index (χ0n) is 13.8. The number of hydrogen-bond donors (Lipinski definition) is 1. The van der Waals surface area contributed by atoms with Crippen LogP contribution in [0.15, 0.2) is 53.4 Å². The second-order valence-corrected chi connectivity index (χ2v) is 6.73. The monoisotopic (exact) mass is 342 g/mol. The maximum atomic E-state index is 12.4. The fraction of sp³-hybridized carbons (Fsp3) is 0.316. The molecule has 5 heteroatoms. The van der Waals surface area contributed by atoms with E-state index in [1.165, 1.54) is 4.90 Å². The third-order valence-corrected chi connectivity index (χ3v) is 4.97. The van der Waals surface area contributed by atoms with Gasteiger partial charge < -0.3 is 15.0 Å². The molecule has 0 aromatic heterocycles. The van der Waals surface area contributed by atoms with Gasteiger partial charge in [-0.2, -0.15) is 0 Å². The van der Waals surface area contributed by atoms with Gasteiger partial charge in [-0.05, 0) is 55.5 Å². The maximum absolute atomic E-state index is 12.4. The smallest absolute Gasteiger partial charge is 0.243 e. The second kappa shape index (κ2) is 8.11. The number of rotatable bonds is 5.